The summed E-state index contributed by atoms with van der Waals surface area (Å²) in [7, 11) is 0. The predicted molar refractivity (Wildman–Crippen MR) is 108 cm³/mol. The van der Waals surface area contributed by atoms with Crippen LogP contribution in [0, 0.1) is 17.1 Å². The Balaban J connectivity index is 1.89. The summed E-state index contributed by atoms with van der Waals surface area (Å²) in [5, 5.41) is 9.84. The molecule has 2 aromatic carbocycles. The SMILES string of the molecule is CCOC(=O)COc1c(Cl)cc(/C=C(/C#N)c2nc3ccc(F)cc3[nH]2)cc1Cl. The predicted octanol–water partition coefficient (Wildman–Crippen LogP) is 5.01. The van der Waals surface area contributed by atoms with Crippen LogP contribution in [0.2, 0.25) is 10.0 Å². The van der Waals surface area contributed by atoms with Gasteiger partial charge in [0, 0.05) is 0 Å². The van der Waals surface area contributed by atoms with Gasteiger partial charge in [-0.15, -0.1) is 0 Å². The molecular weight excluding hydrogens is 420 g/mol. The molecule has 29 heavy (non-hydrogen) atoms. The number of nitrogens with one attached hydrogen (secondary N) is 1. The molecule has 1 aromatic heterocycles. The quantitative estimate of drug-likeness (QED) is 0.435. The van der Waals surface area contributed by atoms with Crippen molar-refractivity contribution >= 4 is 51.9 Å². The highest BCUT2D eigenvalue weighted by Gasteiger charge is 2.14. The molecule has 3 aromatic rings. The fourth-order valence-electron chi connectivity index (χ4n) is 2.56. The van der Waals surface area contributed by atoms with Crippen molar-refractivity contribution in [2.75, 3.05) is 13.2 Å². The number of esters is 1. The van der Waals surface area contributed by atoms with E-state index in [1.807, 2.05) is 6.07 Å². The third-order valence-electron chi connectivity index (χ3n) is 3.79. The van der Waals surface area contributed by atoms with Gasteiger partial charge in [0.1, 0.15) is 17.7 Å². The van der Waals surface area contributed by atoms with Crippen molar-refractivity contribution in [1.29, 1.82) is 5.26 Å². The van der Waals surface area contributed by atoms with Gasteiger partial charge in [0.2, 0.25) is 0 Å². The van der Waals surface area contributed by atoms with Crippen molar-refractivity contribution in [1.82, 2.24) is 9.97 Å². The van der Waals surface area contributed by atoms with Gasteiger partial charge in [-0.05, 0) is 48.9 Å². The van der Waals surface area contributed by atoms with Crippen LogP contribution in [0.3, 0.4) is 0 Å². The third-order valence-corrected chi connectivity index (χ3v) is 4.35. The van der Waals surface area contributed by atoms with Gasteiger partial charge in [0.25, 0.3) is 0 Å². The number of allylic oxidation sites excluding steroid dienone is 1. The Morgan fingerprint density at radius 3 is 2.69 bits per heavy atom. The lowest BCUT2D eigenvalue weighted by molar-refractivity contribution is -0.145. The van der Waals surface area contributed by atoms with E-state index in [2.05, 4.69) is 9.97 Å². The number of rotatable bonds is 6. The lowest BCUT2D eigenvalue weighted by Crippen LogP contribution is -2.14. The number of fused-ring (bicyclic) bond motifs is 1. The largest absolute Gasteiger partial charge is 0.479 e. The van der Waals surface area contributed by atoms with Gasteiger partial charge in [0.05, 0.1) is 33.3 Å². The van der Waals surface area contributed by atoms with Crippen molar-refractivity contribution in [3.63, 3.8) is 0 Å². The second kappa shape index (κ2) is 8.95. The second-order valence-corrected chi connectivity index (χ2v) is 6.64. The molecule has 0 aliphatic carbocycles. The first kappa shape index (κ1) is 20.6. The Morgan fingerprint density at radius 1 is 1.31 bits per heavy atom. The zero-order valence-corrected chi connectivity index (χ0v) is 16.6. The number of H-pyrrole nitrogens is 1. The first-order valence-electron chi connectivity index (χ1n) is 8.46. The number of aromatic nitrogens is 2. The number of carbonyl (C=O) groups is 1. The fraction of sp³-hybridized carbons (Fsp3) is 0.150. The highest BCUT2D eigenvalue weighted by Crippen LogP contribution is 2.35. The first-order chi connectivity index (χ1) is 13.9. The van der Waals surface area contributed by atoms with Crippen LogP contribution in [0.25, 0.3) is 22.7 Å². The van der Waals surface area contributed by atoms with Gasteiger partial charge in [-0.3, -0.25) is 0 Å². The van der Waals surface area contributed by atoms with Gasteiger partial charge in [-0.2, -0.15) is 5.26 Å². The Kier molecular flexibility index (Phi) is 6.37. The molecule has 6 nitrogen and oxygen atoms in total. The van der Waals surface area contributed by atoms with Crippen molar-refractivity contribution in [2.24, 2.45) is 0 Å². The molecular formula is C20H14Cl2FN3O3. The monoisotopic (exact) mass is 433 g/mol. The molecule has 0 saturated heterocycles. The molecule has 0 unspecified atom stereocenters. The smallest absolute Gasteiger partial charge is 0.344 e. The van der Waals surface area contributed by atoms with Gasteiger partial charge in [0.15, 0.2) is 12.4 Å². The number of ether oxygens (including phenoxy) is 2. The molecule has 0 amide bonds. The van der Waals surface area contributed by atoms with E-state index in [1.165, 1.54) is 36.4 Å². The van der Waals surface area contributed by atoms with E-state index in [9.17, 15) is 14.4 Å². The fourth-order valence-corrected chi connectivity index (χ4v) is 3.18. The number of nitriles is 1. The molecule has 0 aliphatic heterocycles. The van der Waals surface area contributed by atoms with Crippen LogP contribution in [0.1, 0.15) is 18.3 Å². The molecule has 0 saturated carbocycles. The van der Waals surface area contributed by atoms with E-state index in [0.717, 1.165) is 0 Å². The maximum atomic E-state index is 13.4. The van der Waals surface area contributed by atoms with Crippen LogP contribution in [-0.4, -0.2) is 29.2 Å². The molecule has 0 spiro atoms. The number of hydrogen-bond acceptors (Lipinski definition) is 5. The number of imidazole rings is 1. The van der Waals surface area contributed by atoms with Crippen LogP contribution in [0.4, 0.5) is 4.39 Å². The normalized spacial score (nSPS) is 11.3. The molecule has 148 valence electrons. The second-order valence-electron chi connectivity index (χ2n) is 5.82. The lowest BCUT2D eigenvalue weighted by Gasteiger charge is -2.10. The van der Waals surface area contributed by atoms with Crippen LogP contribution < -0.4 is 4.74 Å². The number of carbonyl (C=O) groups excluding carboxylic acids is 1. The topological polar surface area (TPSA) is 88.0 Å². The molecule has 0 bridgehead atoms. The standard InChI is InChI=1S/C20H14Cl2FN3O3/c1-2-28-18(27)10-29-19-14(21)6-11(7-15(19)22)5-12(9-24)20-25-16-4-3-13(23)8-17(16)26-20/h3-8H,2,10H2,1H3,(H,25,26)/b12-5-. The van der Waals surface area contributed by atoms with E-state index in [1.54, 1.807) is 6.92 Å². The van der Waals surface area contributed by atoms with Crippen LogP contribution in [0.15, 0.2) is 30.3 Å². The Labute approximate surface area is 175 Å². The number of nitrogens with zero attached hydrogens (tertiary/aromatic N) is 2. The van der Waals surface area contributed by atoms with Crippen molar-refractivity contribution in [3.05, 3.63) is 57.6 Å². The molecule has 1 heterocycles. The van der Waals surface area contributed by atoms with Gasteiger partial charge in [-0.25, -0.2) is 14.2 Å². The summed E-state index contributed by atoms with van der Waals surface area (Å²) >= 11 is 12.4. The summed E-state index contributed by atoms with van der Waals surface area (Å²) in [6.45, 7) is 1.59. The number of halogens is 3. The van der Waals surface area contributed by atoms with Crippen molar-refractivity contribution < 1.29 is 18.7 Å². The molecule has 1 N–H and O–H groups in total. The minimum Gasteiger partial charge on any atom is -0.479 e. The minimum atomic E-state index is -0.545. The number of aromatic amines is 1. The average molecular weight is 434 g/mol. The maximum Gasteiger partial charge on any atom is 0.344 e. The third kappa shape index (κ3) is 4.86. The van der Waals surface area contributed by atoms with Gasteiger partial charge >= 0.3 is 5.97 Å². The minimum absolute atomic E-state index is 0.135. The van der Waals surface area contributed by atoms with Gasteiger partial charge < -0.3 is 14.5 Å². The highest BCUT2D eigenvalue weighted by molar-refractivity contribution is 6.37. The van der Waals surface area contributed by atoms with Crippen molar-refractivity contribution in [3.8, 4) is 11.8 Å². The summed E-state index contributed by atoms with van der Waals surface area (Å²) in [4.78, 5) is 18.6. The van der Waals surface area contributed by atoms with Crippen LogP contribution in [-0.2, 0) is 9.53 Å². The molecule has 0 atom stereocenters. The summed E-state index contributed by atoms with van der Waals surface area (Å²) in [6, 6.07) is 9.22. The van der Waals surface area contributed by atoms with Crippen LogP contribution in [0.5, 0.6) is 5.75 Å². The lowest BCUT2D eigenvalue weighted by atomic mass is 10.1. The Hall–Kier alpha value is -3.08. The maximum absolute atomic E-state index is 13.4. The van der Waals surface area contributed by atoms with E-state index in [0.29, 0.717) is 16.6 Å². The van der Waals surface area contributed by atoms with E-state index < -0.39 is 11.8 Å². The Morgan fingerprint density at radius 2 is 2.03 bits per heavy atom. The summed E-state index contributed by atoms with van der Waals surface area (Å²) in [6.07, 6.45) is 1.53. The number of benzene rings is 2. The molecule has 9 heteroatoms. The van der Waals surface area contributed by atoms with E-state index >= 15 is 0 Å². The van der Waals surface area contributed by atoms with Crippen LogP contribution >= 0.6 is 23.2 Å². The van der Waals surface area contributed by atoms with Gasteiger partial charge in [-0.1, -0.05) is 23.2 Å². The number of hydrogen-bond donors (Lipinski definition) is 1. The molecule has 3 rings (SSSR count). The summed E-state index contributed by atoms with van der Waals surface area (Å²) in [5.41, 5.74) is 1.72. The zero-order valence-electron chi connectivity index (χ0n) is 15.1. The average Bonchev–Trinajstić information content (AvgIpc) is 3.08. The van der Waals surface area contributed by atoms with E-state index in [4.69, 9.17) is 32.7 Å². The molecule has 0 fully saturated rings. The Bertz CT molecular complexity index is 1130. The van der Waals surface area contributed by atoms with Crippen molar-refractivity contribution in [2.45, 2.75) is 6.92 Å². The molecule has 0 radical (unpaired) electrons. The summed E-state index contributed by atoms with van der Waals surface area (Å²) in [5.74, 6) is -0.539. The highest BCUT2D eigenvalue weighted by atomic mass is 35.5. The van der Waals surface area contributed by atoms with E-state index in [-0.39, 0.29) is 40.4 Å². The summed E-state index contributed by atoms with van der Waals surface area (Å²) < 4.78 is 23.5. The first-order valence-corrected chi connectivity index (χ1v) is 9.21. The zero-order chi connectivity index (χ0) is 21.0. The molecule has 0 aliphatic rings.